The van der Waals surface area contributed by atoms with Crippen molar-refractivity contribution in [2.75, 3.05) is 7.11 Å². The van der Waals surface area contributed by atoms with Gasteiger partial charge in [0.2, 0.25) is 0 Å². The van der Waals surface area contributed by atoms with Crippen LogP contribution >= 0.6 is 11.6 Å². The summed E-state index contributed by atoms with van der Waals surface area (Å²) in [7, 11) is 0.819. The molecule has 1 aliphatic heterocycles. The van der Waals surface area contributed by atoms with Gasteiger partial charge < -0.3 is 14.0 Å². The lowest BCUT2D eigenvalue weighted by atomic mass is 9.66. The summed E-state index contributed by atoms with van der Waals surface area (Å²) in [6.45, 7) is 9.91. The summed E-state index contributed by atoms with van der Waals surface area (Å²) in [6.07, 6.45) is 0.149. The standard InChI is InChI=1S/C17H24BClO4/c1-11-7-8-12(14(19)9-11)13(10-15(20)21-6)18-22-16(2,3)17(4,5)23-18/h7-9,13H,10H2,1-6H3. The molecule has 1 saturated heterocycles. The summed E-state index contributed by atoms with van der Waals surface area (Å²) in [4.78, 5) is 11.9. The fraction of sp³-hybridized carbons (Fsp3) is 0.588. The molecule has 6 heteroatoms. The van der Waals surface area contributed by atoms with E-state index in [9.17, 15) is 4.79 Å². The molecule has 1 aromatic rings. The minimum atomic E-state index is -0.556. The minimum absolute atomic E-state index is 0.149. The zero-order chi connectivity index (χ0) is 17.4. The topological polar surface area (TPSA) is 44.8 Å². The predicted molar refractivity (Wildman–Crippen MR) is 91.6 cm³/mol. The van der Waals surface area contributed by atoms with Crippen molar-refractivity contribution >= 4 is 24.7 Å². The molecule has 0 bridgehead atoms. The molecule has 1 heterocycles. The van der Waals surface area contributed by atoms with Crippen LogP contribution in [0.2, 0.25) is 5.02 Å². The fourth-order valence-corrected chi connectivity index (χ4v) is 2.98. The van der Waals surface area contributed by atoms with E-state index < -0.39 is 18.3 Å². The second kappa shape index (κ2) is 6.46. The predicted octanol–water partition coefficient (Wildman–Crippen LogP) is 3.93. The van der Waals surface area contributed by atoms with Gasteiger partial charge in [-0.2, -0.15) is 0 Å². The van der Waals surface area contributed by atoms with Crippen molar-refractivity contribution in [2.24, 2.45) is 0 Å². The van der Waals surface area contributed by atoms with Gasteiger partial charge in [-0.3, -0.25) is 4.79 Å². The molecule has 1 aromatic carbocycles. The molecule has 1 unspecified atom stereocenters. The highest BCUT2D eigenvalue weighted by molar-refractivity contribution is 6.48. The summed E-state index contributed by atoms with van der Waals surface area (Å²) < 4.78 is 17.1. The number of carbonyl (C=O) groups excluding carboxylic acids is 1. The number of benzene rings is 1. The van der Waals surface area contributed by atoms with Crippen LogP contribution in [-0.4, -0.2) is 31.4 Å². The third-order valence-electron chi connectivity index (χ3n) is 4.77. The molecule has 4 nitrogen and oxygen atoms in total. The third kappa shape index (κ3) is 3.73. The van der Waals surface area contributed by atoms with Crippen molar-refractivity contribution < 1.29 is 18.8 Å². The number of methoxy groups -OCH3 is 1. The Kier molecular flexibility index (Phi) is 5.14. The monoisotopic (exact) mass is 338 g/mol. The molecule has 0 amide bonds. The third-order valence-corrected chi connectivity index (χ3v) is 5.10. The van der Waals surface area contributed by atoms with Crippen molar-refractivity contribution in [2.45, 2.75) is 58.1 Å². The zero-order valence-electron chi connectivity index (χ0n) is 14.6. The highest BCUT2D eigenvalue weighted by atomic mass is 35.5. The molecule has 23 heavy (non-hydrogen) atoms. The average Bonchev–Trinajstić information content (AvgIpc) is 2.65. The molecule has 1 atom stereocenters. The van der Waals surface area contributed by atoms with E-state index in [2.05, 4.69) is 0 Å². The molecule has 0 spiro atoms. The van der Waals surface area contributed by atoms with Crippen molar-refractivity contribution in [1.82, 2.24) is 0 Å². The number of halogens is 1. The Hall–Kier alpha value is -1.04. The van der Waals surface area contributed by atoms with Gasteiger partial charge in [0.1, 0.15) is 0 Å². The van der Waals surface area contributed by atoms with E-state index in [1.165, 1.54) is 7.11 Å². The van der Waals surface area contributed by atoms with Crippen LogP contribution in [0.5, 0.6) is 0 Å². The van der Waals surface area contributed by atoms with Crippen LogP contribution in [0, 0.1) is 6.92 Å². The summed E-state index contributed by atoms with van der Waals surface area (Å²) in [5.41, 5.74) is 0.956. The first-order chi connectivity index (χ1) is 10.6. The Balaban J connectivity index is 2.38. The normalized spacial score (nSPS) is 20.4. The number of aryl methyl sites for hydroxylation is 1. The van der Waals surface area contributed by atoms with Crippen LogP contribution in [-0.2, 0) is 18.8 Å². The lowest BCUT2D eigenvalue weighted by Crippen LogP contribution is -2.41. The number of esters is 1. The second-order valence-electron chi connectivity index (χ2n) is 7.04. The van der Waals surface area contributed by atoms with Crippen LogP contribution in [0.15, 0.2) is 18.2 Å². The number of hydrogen-bond donors (Lipinski definition) is 0. The van der Waals surface area contributed by atoms with Crippen LogP contribution in [0.1, 0.15) is 51.1 Å². The molecule has 126 valence electrons. The molecular weight excluding hydrogens is 314 g/mol. The van der Waals surface area contributed by atoms with Crippen LogP contribution in [0.25, 0.3) is 0 Å². The van der Waals surface area contributed by atoms with Gasteiger partial charge in [0.15, 0.2) is 0 Å². The van der Waals surface area contributed by atoms with E-state index in [0.29, 0.717) is 5.02 Å². The number of hydrogen-bond acceptors (Lipinski definition) is 4. The zero-order valence-corrected chi connectivity index (χ0v) is 15.4. The van der Waals surface area contributed by atoms with Crippen LogP contribution in [0.4, 0.5) is 0 Å². The first kappa shape index (κ1) is 18.3. The number of ether oxygens (including phenoxy) is 1. The maximum absolute atomic E-state index is 11.9. The molecule has 0 N–H and O–H groups in total. The highest BCUT2D eigenvalue weighted by Crippen LogP contribution is 2.43. The summed E-state index contributed by atoms with van der Waals surface area (Å²) in [5.74, 6) is -0.641. The molecule has 1 fully saturated rings. The van der Waals surface area contributed by atoms with Gasteiger partial charge in [-0.15, -0.1) is 0 Å². The van der Waals surface area contributed by atoms with Crippen LogP contribution < -0.4 is 0 Å². The van der Waals surface area contributed by atoms with Crippen molar-refractivity contribution in [3.63, 3.8) is 0 Å². The number of carbonyl (C=O) groups is 1. The lowest BCUT2D eigenvalue weighted by molar-refractivity contribution is -0.140. The molecule has 0 saturated carbocycles. The van der Waals surface area contributed by atoms with E-state index in [-0.39, 0.29) is 18.2 Å². The minimum Gasteiger partial charge on any atom is -0.469 e. The van der Waals surface area contributed by atoms with Gasteiger partial charge in [0, 0.05) is 10.8 Å². The molecule has 2 rings (SSSR count). The number of rotatable bonds is 4. The van der Waals surface area contributed by atoms with Crippen molar-refractivity contribution in [3.8, 4) is 0 Å². The van der Waals surface area contributed by atoms with E-state index in [1.807, 2.05) is 52.8 Å². The molecular formula is C17H24BClO4. The Labute approximate surface area is 143 Å². The van der Waals surface area contributed by atoms with E-state index in [0.717, 1.165) is 11.1 Å². The molecule has 0 aliphatic carbocycles. The fourth-order valence-electron chi connectivity index (χ4n) is 2.60. The van der Waals surface area contributed by atoms with Crippen LogP contribution in [0.3, 0.4) is 0 Å². The van der Waals surface area contributed by atoms with Gasteiger partial charge in [0.05, 0.1) is 24.7 Å². The quantitative estimate of drug-likeness (QED) is 0.616. The first-order valence-electron chi connectivity index (χ1n) is 7.76. The average molecular weight is 339 g/mol. The van der Waals surface area contributed by atoms with Gasteiger partial charge in [-0.25, -0.2) is 0 Å². The first-order valence-corrected chi connectivity index (χ1v) is 8.13. The van der Waals surface area contributed by atoms with E-state index in [1.54, 1.807) is 0 Å². The maximum Gasteiger partial charge on any atom is 0.466 e. The Morgan fingerprint density at radius 3 is 2.30 bits per heavy atom. The molecule has 0 aromatic heterocycles. The molecule has 1 aliphatic rings. The van der Waals surface area contributed by atoms with Gasteiger partial charge in [-0.1, -0.05) is 23.7 Å². The molecule has 0 radical (unpaired) electrons. The Morgan fingerprint density at radius 1 is 1.26 bits per heavy atom. The SMILES string of the molecule is COC(=O)CC(B1OC(C)(C)C(C)(C)O1)c1ccc(C)cc1Cl. The summed E-state index contributed by atoms with van der Waals surface area (Å²) in [5, 5.41) is 0.605. The smallest absolute Gasteiger partial charge is 0.466 e. The van der Waals surface area contributed by atoms with Crippen molar-refractivity contribution in [3.05, 3.63) is 34.3 Å². The maximum atomic E-state index is 11.9. The second-order valence-corrected chi connectivity index (χ2v) is 7.44. The van der Waals surface area contributed by atoms with Gasteiger partial charge in [0.25, 0.3) is 0 Å². The van der Waals surface area contributed by atoms with E-state index in [4.69, 9.17) is 25.6 Å². The summed E-state index contributed by atoms with van der Waals surface area (Å²) >= 11 is 6.41. The van der Waals surface area contributed by atoms with E-state index >= 15 is 0 Å². The highest BCUT2D eigenvalue weighted by Gasteiger charge is 2.54. The largest absolute Gasteiger partial charge is 0.469 e. The Morgan fingerprint density at radius 2 is 1.83 bits per heavy atom. The van der Waals surface area contributed by atoms with Gasteiger partial charge >= 0.3 is 13.1 Å². The van der Waals surface area contributed by atoms with Gasteiger partial charge in [-0.05, 0) is 51.8 Å². The van der Waals surface area contributed by atoms with Crippen molar-refractivity contribution in [1.29, 1.82) is 0 Å². The lowest BCUT2D eigenvalue weighted by Gasteiger charge is -2.32. The summed E-state index contributed by atoms with van der Waals surface area (Å²) in [6, 6.07) is 5.78. The Bertz CT molecular complexity index is 584.